The van der Waals surface area contributed by atoms with Crippen LogP contribution in [0.3, 0.4) is 0 Å². The Morgan fingerprint density at radius 1 is 1.45 bits per heavy atom. The van der Waals surface area contributed by atoms with Crippen molar-refractivity contribution in [2.75, 3.05) is 20.3 Å². The zero-order valence-corrected chi connectivity index (χ0v) is 12.1. The smallest absolute Gasteiger partial charge is 0.244 e. The van der Waals surface area contributed by atoms with E-state index in [1.54, 1.807) is 32.2 Å². The second kappa shape index (κ2) is 8.22. The highest BCUT2D eigenvalue weighted by atomic mass is 16.5. The zero-order valence-electron chi connectivity index (χ0n) is 12.1. The summed E-state index contributed by atoms with van der Waals surface area (Å²) in [6, 6.07) is 5.44. The molecule has 1 unspecified atom stereocenters. The van der Waals surface area contributed by atoms with Gasteiger partial charge in [0.25, 0.3) is 0 Å². The van der Waals surface area contributed by atoms with Crippen LogP contribution < -0.4 is 14.8 Å². The van der Waals surface area contributed by atoms with Gasteiger partial charge in [0.15, 0.2) is 11.5 Å². The Hall–Kier alpha value is -2.01. The maximum absolute atomic E-state index is 11.5. The second-order valence-corrected chi connectivity index (χ2v) is 4.27. The summed E-state index contributed by atoms with van der Waals surface area (Å²) in [5, 5.41) is 11.6. The molecule has 5 nitrogen and oxygen atoms in total. The predicted molar refractivity (Wildman–Crippen MR) is 77.9 cm³/mol. The number of carbonyl (C=O) groups is 1. The van der Waals surface area contributed by atoms with Gasteiger partial charge in [0.2, 0.25) is 5.91 Å². The molecular weight excluding hydrogens is 258 g/mol. The van der Waals surface area contributed by atoms with Gasteiger partial charge in [-0.3, -0.25) is 4.79 Å². The molecule has 0 spiro atoms. The summed E-state index contributed by atoms with van der Waals surface area (Å²) in [5.41, 5.74) is 0.831. The molecule has 1 aromatic rings. The maximum atomic E-state index is 11.5. The van der Waals surface area contributed by atoms with Crippen LogP contribution in [0.25, 0.3) is 6.08 Å². The molecule has 0 bridgehead atoms. The summed E-state index contributed by atoms with van der Waals surface area (Å²) < 4.78 is 10.6. The van der Waals surface area contributed by atoms with Gasteiger partial charge in [0.05, 0.1) is 19.8 Å². The van der Waals surface area contributed by atoms with Gasteiger partial charge in [-0.25, -0.2) is 0 Å². The number of nitrogens with one attached hydrogen (secondary N) is 1. The van der Waals surface area contributed by atoms with Gasteiger partial charge in [0.1, 0.15) is 0 Å². The molecule has 0 aliphatic rings. The minimum absolute atomic E-state index is 0.232. The fourth-order valence-corrected chi connectivity index (χ4v) is 1.54. The van der Waals surface area contributed by atoms with Crippen LogP contribution in [-0.4, -0.2) is 37.4 Å². The van der Waals surface area contributed by atoms with Gasteiger partial charge < -0.3 is 19.9 Å². The molecule has 110 valence electrons. The van der Waals surface area contributed by atoms with Crippen molar-refractivity contribution < 1.29 is 19.4 Å². The van der Waals surface area contributed by atoms with E-state index in [0.717, 1.165) is 5.56 Å². The Balaban J connectivity index is 2.70. The van der Waals surface area contributed by atoms with Gasteiger partial charge in [-0.1, -0.05) is 6.07 Å². The summed E-state index contributed by atoms with van der Waals surface area (Å²) in [5.74, 6) is 1.04. The van der Waals surface area contributed by atoms with Crippen molar-refractivity contribution >= 4 is 12.0 Å². The third-order valence-electron chi connectivity index (χ3n) is 2.49. The molecule has 0 radical (unpaired) electrons. The monoisotopic (exact) mass is 279 g/mol. The zero-order chi connectivity index (χ0) is 15.0. The molecule has 5 heteroatoms. The SMILES string of the molecule is CCOc1ccc(/C=C/C(=O)NCC(C)O)cc1OC. The standard InChI is InChI=1S/C15H21NO4/c1-4-20-13-7-5-12(9-14(13)19-3)6-8-15(18)16-10-11(2)17/h5-9,11,17H,4,10H2,1-3H3,(H,16,18)/b8-6+. The largest absolute Gasteiger partial charge is 0.493 e. The molecule has 0 saturated heterocycles. The minimum atomic E-state index is -0.557. The number of ether oxygens (including phenoxy) is 2. The summed E-state index contributed by atoms with van der Waals surface area (Å²) in [6.45, 7) is 4.31. The molecule has 20 heavy (non-hydrogen) atoms. The summed E-state index contributed by atoms with van der Waals surface area (Å²) in [6.07, 6.45) is 2.53. The van der Waals surface area contributed by atoms with E-state index >= 15 is 0 Å². The van der Waals surface area contributed by atoms with E-state index in [1.807, 2.05) is 13.0 Å². The van der Waals surface area contributed by atoms with Gasteiger partial charge >= 0.3 is 0 Å². The van der Waals surface area contributed by atoms with E-state index < -0.39 is 6.10 Å². The number of benzene rings is 1. The molecule has 2 N–H and O–H groups in total. The van der Waals surface area contributed by atoms with Crippen molar-refractivity contribution in [3.05, 3.63) is 29.8 Å². The van der Waals surface area contributed by atoms with Gasteiger partial charge in [-0.05, 0) is 37.6 Å². The van der Waals surface area contributed by atoms with Crippen LogP contribution in [0.4, 0.5) is 0 Å². The summed E-state index contributed by atoms with van der Waals surface area (Å²) in [7, 11) is 1.57. The number of carbonyl (C=O) groups excluding carboxylic acids is 1. The van der Waals surface area contributed by atoms with Crippen LogP contribution in [0.15, 0.2) is 24.3 Å². The number of hydrogen-bond donors (Lipinski definition) is 2. The van der Waals surface area contributed by atoms with Crippen LogP contribution in [0.5, 0.6) is 11.5 Å². The Bertz CT molecular complexity index is 469. The molecule has 0 aliphatic heterocycles. The molecule has 1 atom stereocenters. The van der Waals surface area contributed by atoms with Gasteiger partial charge in [0, 0.05) is 12.6 Å². The molecule has 0 aliphatic carbocycles. The first-order valence-corrected chi connectivity index (χ1v) is 6.51. The molecule has 1 rings (SSSR count). The average Bonchev–Trinajstić information content (AvgIpc) is 2.44. The van der Waals surface area contributed by atoms with E-state index in [2.05, 4.69) is 5.32 Å². The van der Waals surface area contributed by atoms with Crippen molar-refractivity contribution in [1.82, 2.24) is 5.32 Å². The quantitative estimate of drug-likeness (QED) is 0.744. The molecule has 1 aromatic carbocycles. The maximum Gasteiger partial charge on any atom is 0.244 e. The highest BCUT2D eigenvalue weighted by Crippen LogP contribution is 2.28. The van der Waals surface area contributed by atoms with Crippen LogP contribution in [-0.2, 0) is 4.79 Å². The molecule has 0 heterocycles. The first-order valence-electron chi connectivity index (χ1n) is 6.51. The highest BCUT2D eigenvalue weighted by Gasteiger charge is 2.04. The van der Waals surface area contributed by atoms with Gasteiger partial charge in [-0.15, -0.1) is 0 Å². The molecule has 0 fully saturated rings. The Kier molecular flexibility index (Phi) is 6.59. The topological polar surface area (TPSA) is 67.8 Å². The van der Waals surface area contributed by atoms with E-state index in [4.69, 9.17) is 14.6 Å². The van der Waals surface area contributed by atoms with E-state index in [9.17, 15) is 4.79 Å². The van der Waals surface area contributed by atoms with Crippen molar-refractivity contribution in [1.29, 1.82) is 0 Å². The lowest BCUT2D eigenvalue weighted by molar-refractivity contribution is -0.116. The van der Waals surface area contributed by atoms with Gasteiger partial charge in [-0.2, -0.15) is 0 Å². The van der Waals surface area contributed by atoms with Crippen molar-refractivity contribution in [3.63, 3.8) is 0 Å². The molecule has 0 saturated carbocycles. The Morgan fingerprint density at radius 2 is 2.20 bits per heavy atom. The van der Waals surface area contributed by atoms with Crippen molar-refractivity contribution in [2.24, 2.45) is 0 Å². The number of amides is 1. The first-order chi connectivity index (χ1) is 9.56. The van der Waals surface area contributed by atoms with E-state index in [1.165, 1.54) is 6.08 Å². The van der Waals surface area contributed by atoms with Crippen LogP contribution in [0.1, 0.15) is 19.4 Å². The lowest BCUT2D eigenvalue weighted by Crippen LogP contribution is -2.28. The molecule has 0 aromatic heterocycles. The third-order valence-corrected chi connectivity index (χ3v) is 2.49. The average molecular weight is 279 g/mol. The van der Waals surface area contributed by atoms with Crippen LogP contribution in [0, 0.1) is 0 Å². The van der Waals surface area contributed by atoms with Crippen LogP contribution in [0.2, 0.25) is 0 Å². The number of rotatable bonds is 7. The highest BCUT2D eigenvalue weighted by molar-refractivity contribution is 5.91. The number of hydrogen-bond acceptors (Lipinski definition) is 4. The van der Waals surface area contributed by atoms with Crippen molar-refractivity contribution in [3.8, 4) is 11.5 Å². The first kappa shape index (κ1) is 16.0. The lowest BCUT2D eigenvalue weighted by Gasteiger charge is -2.09. The second-order valence-electron chi connectivity index (χ2n) is 4.27. The normalized spacial score (nSPS) is 12.2. The van der Waals surface area contributed by atoms with E-state index in [0.29, 0.717) is 18.1 Å². The number of methoxy groups -OCH3 is 1. The van der Waals surface area contributed by atoms with E-state index in [-0.39, 0.29) is 12.5 Å². The fourth-order valence-electron chi connectivity index (χ4n) is 1.54. The Labute approximate surface area is 119 Å². The van der Waals surface area contributed by atoms with Crippen molar-refractivity contribution in [2.45, 2.75) is 20.0 Å². The predicted octanol–water partition coefficient (Wildman–Crippen LogP) is 1.60. The molecule has 1 amide bonds. The van der Waals surface area contributed by atoms with Crippen LogP contribution >= 0.6 is 0 Å². The molecular formula is C15H21NO4. The number of aliphatic hydroxyl groups is 1. The summed E-state index contributed by atoms with van der Waals surface area (Å²) in [4.78, 5) is 11.5. The Morgan fingerprint density at radius 3 is 2.80 bits per heavy atom. The lowest BCUT2D eigenvalue weighted by atomic mass is 10.2. The number of aliphatic hydroxyl groups excluding tert-OH is 1. The fraction of sp³-hybridized carbons (Fsp3) is 0.400. The third kappa shape index (κ3) is 5.32. The minimum Gasteiger partial charge on any atom is -0.493 e. The summed E-state index contributed by atoms with van der Waals surface area (Å²) >= 11 is 0.